The molecule has 34 heavy (non-hydrogen) atoms. The Morgan fingerprint density at radius 1 is 1.24 bits per heavy atom. The van der Waals surface area contributed by atoms with E-state index < -0.39 is 12.1 Å². The molecule has 186 valence electrons. The van der Waals surface area contributed by atoms with E-state index in [1.807, 2.05) is 36.9 Å². The first-order valence-electron chi connectivity index (χ1n) is 10.8. The van der Waals surface area contributed by atoms with Crippen molar-refractivity contribution in [2.75, 3.05) is 26.3 Å². The summed E-state index contributed by atoms with van der Waals surface area (Å²) in [6, 6.07) is 5.76. The first-order valence-corrected chi connectivity index (χ1v) is 10.8. The highest BCUT2D eigenvalue weighted by Gasteiger charge is 2.45. The number of amides is 1. The van der Waals surface area contributed by atoms with Crippen molar-refractivity contribution >= 4 is 11.9 Å². The van der Waals surface area contributed by atoms with Gasteiger partial charge in [0.1, 0.15) is 11.5 Å². The summed E-state index contributed by atoms with van der Waals surface area (Å²) in [7, 11) is 0. The number of hydrogen-bond donors (Lipinski definition) is 1. The van der Waals surface area contributed by atoms with Gasteiger partial charge in [-0.15, -0.1) is 0 Å². The van der Waals surface area contributed by atoms with Gasteiger partial charge in [-0.2, -0.15) is 13.2 Å². The zero-order valence-corrected chi connectivity index (χ0v) is 18.9. The molecule has 2 aliphatic heterocycles. The van der Waals surface area contributed by atoms with E-state index in [9.17, 15) is 18.0 Å². The Labute approximate surface area is 194 Å². The number of fused-ring (bicyclic) bond motifs is 1. The average molecular weight is 484 g/mol. The van der Waals surface area contributed by atoms with E-state index >= 15 is 0 Å². The molecular formula is C23H27F3N2O6. The van der Waals surface area contributed by atoms with Crippen molar-refractivity contribution in [3.05, 3.63) is 53.2 Å². The maximum absolute atomic E-state index is 12.8. The van der Waals surface area contributed by atoms with E-state index in [-0.39, 0.29) is 12.0 Å². The lowest BCUT2D eigenvalue weighted by atomic mass is 9.91. The van der Waals surface area contributed by atoms with Gasteiger partial charge in [-0.1, -0.05) is 0 Å². The minimum Gasteiger partial charge on any atom is -0.475 e. The number of likely N-dealkylation sites (tertiary alicyclic amines) is 1. The van der Waals surface area contributed by atoms with Gasteiger partial charge >= 0.3 is 12.1 Å². The molecule has 2 aliphatic rings. The summed E-state index contributed by atoms with van der Waals surface area (Å²) in [5.41, 5.74) is 1.80. The third-order valence-corrected chi connectivity index (χ3v) is 5.89. The molecule has 0 radical (unpaired) electrons. The van der Waals surface area contributed by atoms with Crippen LogP contribution in [0.15, 0.2) is 35.0 Å². The van der Waals surface area contributed by atoms with Gasteiger partial charge in [-0.05, 0) is 49.9 Å². The Morgan fingerprint density at radius 3 is 2.50 bits per heavy atom. The van der Waals surface area contributed by atoms with Crippen molar-refractivity contribution in [2.45, 2.75) is 39.2 Å². The predicted octanol–water partition coefficient (Wildman–Crippen LogP) is 3.62. The van der Waals surface area contributed by atoms with Crippen molar-refractivity contribution in [3.63, 3.8) is 0 Å². The molecule has 8 nitrogen and oxygen atoms in total. The number of aromatic nitrogens is 1. The Bertz CT molecular complexity index is 979. The number of carboxylic acid groups (broad SMARTS) is 1. The van der Waals surface area contributed by atoms with E-state index in [0.717, 1.165) is 30.9 Å². The van der Waals surface area contributed by atoms with Crippen LogP contribution in [0.1, 0.15) is 33.9 Å². The predicted molar refractivity (Wildman–Crippen MR) is 113 cm³/mol. The number of halogens is 3. The number of aliphatic carboxylic acids is 1. The van der Waals surface area contributed by atoms with Gasteiger partial charge in [0.15, 0.2) is 0 Å². The van der Waals surface area contributed by atoms with Gasteiger partial charge in [0.05, 0.1) is 24.9 Å². The van der Waals surface area contributed by atoms with Gasteiger partial charge in [-0.25, -0.2) is 4.79 Å². The highest BCUT2D eigenvalue weighted by atomic mass is 19.4. The van der Waals surface area contributed by atoms with Crippen LogP contribution in [-0.4, -0.2) is 65.5 Å². The highest BCUT2D eigenvalue weighted by molar-refractivity contribution is 5.95. The third-order valence-electron chi connectivity index (χ3n) is 5.89. The molecule has 2 aromatic rings. The summed E-state index contributed by atoms with van der Waals surface area (Å²) in [5, 5.41) is 7.12. The number of furan rings is 1. The Balaban J connectivity index is 0.000000406. The average Bonchev–Trinajstić information content (AvgIpc) is 3.46. The number of alkyl halides is 3. The lowest BCUT2D eigenvalue weighted by Gasteiger charge is -2.19. The smallest absolute Gasteiger partial charge is 0.475 e. The molecule has 2 fully saturated rings. The number of aryl methyl sites for hydroxylation is 2. The normalized spacial score (nSPS) is 21.7. The van der Waals surface area contributed by atoms with Crippen LogP contribution < -0.4 is 0 Å². The van der Waals surface area contributed by atoms with Crippen molar-refractivity contribution < 1.29 is 41.8 Å². The fourth-order valence-electron chi connectivity index (χ4n) is 4.18. The molecule has 0 bridgehead atoms. The molecule has 0 spiro atoms. The Kier molecular flexibility index (Phi) is 8.32. The lowest BCUT2D eigenvalue weighted by molar-refractivity contribution is -0.192. The third kappa shape index (κ3) is 6.57. The molecular weight excluding hydrogens is 457 g/mol. The number of ether oxygens (including phenoxy) is 2. The van der Waals surface area contributed by atoms with E-state index in [2.05, 4.69) is 4.98 Å². The van der Waals surface area contributed by atoms with Gasteiger partial charge in [0.25, 0.3) is 5.91 Å². The van der Waals surface area contributed by atoms with Crippen molar-refractivity contribution in [1.82, 2.24) is 9.88 Å². The first-order chi connectivity index (χ1) is 16.1. The second-order valence-corrected chi connectivity index (χ2v) is 8.33. The molecule has 1 amide bonds. The van der Waals surface area contributed by atoms with Crippen LogP contribution in [0, 0.1) is 25.7 Å². The number of nitrogens with zero attached hydrogens (tertiary/aromatic N) is 2. The lowest BCUT2D eigenvalue weighted by Crippen LogP contribution is -2.31. The zero-order chi connectivity index (χ0) is 24.9. The summed E-state index contributed by atoms with van der Waals surface area (Å²) in [6.45, 7) is 7.20. The molecule has 11 heteroatoms. The Hall–Kier alpha value is -2.92. The quantitative estimate of drug-likeness (QED) is 0.625. The largest absolute Gasteiger partial charge is 0.490 e. The molecule has 0 aromatic carbocycles. The molecule has 2 saturated heterocycles. The first kappa shape index (κ1) is 25.7. The zero-order valence-electron chi connectivity index (χ0n) is 18.9. The monoisotopic (exact) mass is 484 g/mol. The number of carboxylic acids is 1. The van der Waals surface area contributed by atoms with Crippen molar-refractivity contribution in [1.29, 1.82) is 0 Å². The summed E-state index contributed by atoms with van der Waals surface area (Å²) in [4.78, 5) is 27.6. The summed E-state index contributed by atoms with van der Waals surface area (Å²) in [6.07, 6.45) is -0.423. The number of pyridine rings is 1. The van der Waals surface area contributed by atoms with Crippen LogP contribution >= 0.6 is 0 Å². The van der Waals surface area contributed by atoms with Crippen LogP contribution in [-0.2, 0) is 20.9 Å². The van der Waals surface area contributed by atoms with Crippen LogP contribution in [0.2, 0.25) is 0 Å². The second-order valence-electron chi connectivity index (χ2n) is 8.33. The van der Waals surface area contributed by atoms with E-state index in [1.54, 1.807) is 12.4 Å². The molecule has 0 unspecified atom stereocenters. The maximum atomic E-state index is 12.8. The fraction of sp³-hybridized carbons (Fsp3) is 0.522. The summed E-state index contributed by atoms with van der Waals surface area (Å²) in [5.74, 6) is -0.404. The fourth-order valence-corrected chi connectivity index (χ4v) is 4.18. The van der Waals surface area contributed by atoms with Crippen LogP contribution in [0.5, 0.6) is 0 Å². The minimum atomic E-state index is -5.08. The van der Waals surface area contributed by atoms with Gasteiger partial charge in [0, 0.05) is 38.0 Å². The number of hydrogen-bond acceptors (Lipinski definition) is 6. The van der Waals surface area contributed by atoms with E-state index in [1.165, 1.54) is 0 Å². The standard InChI is InChI=1S/C21H26N2O4.C2HF3O2/c1-14-9-18(15(2)27-14)21(24)23-10-19-17(13-26-20(19)11-23)5-8-25-12-16-3-6-22-7-4-16;3-2(4,5)1(6)7/h3-4,6-7,9,17,19-20H,5,8,10-13H2,1-2H3;(H,6,7)/t17-,19-,20-;/m0./s1. The van der Waals surface area contributed by atoms with Crippen LogP contribution in [0.25, 0.3) is 0 Å². The van der Waals surface area contributed by atoms with Crippen molar-refractivity contribution in [2.24, 2.45) is 11.8 Å². The highest BCUT2D eigenvalue weighted by Crippen LogP contribution is 2.36. The van der Waals surface area contributed by atoms with Crippen molar-refractivity contribution in [3.8, 4) is 0 Å². The number of rotatable bonds is 6. The molecule has 2 aromatic heterocycles. The molecule has 3 atom stereocenters. The summed E-state index contributed by atoms with van der Waals surface area (Å²) >= 11 is 0. The number of carbonyl (C=O) groups is 2. The molecule has 0 aliphatic carbocycles. The topological polar surface area (TPSA) is 102 Å². The SMILES string of the molecule is Cc1cc(C(=O)N2C[C@H]3[C@@H](CCOCc4ccncc4)CO[C@H]3C2)c(C)o1.O=C(O)C(F)(F)F. The molecule has 4 rings (SSSR count). The van der Waals surface area contributed by atoms with Crippen LogP contribution in [0.4, 0.5) is 13.2 Å². The van der Waals surface area contributed by atoms with Gasteiger partial charge < -0.3 is 23.9 Å². The molecule has 0 saturated carbocycles. The Morgan fingerprint density at radius 2 is 1.91 bits per heavy atom. The molecule has 4 heterocycles. The number of carbonyl (C=O) groups excluding carboxylic acids is 1. The molecule has 1 N–H and O–H groups in total. The van der Waals surface area contributed by atoms with E-state index in [0.29, 0.717) is 42.9 Å². The van der Waals surface area contributed by atoms with Gasteiger partial charge in [-0.3, -0.25) is 9.78 Å². The van der Waals surface area contributed by atoms with Crippen LogP contribution in [0.3, 0.4) is 0 Å². The minimum absolute atomic E-state index is 0.0510. The summed E-state index contributed by atoms with van der Waals surface area (Å²) < 4.78 is 49.0. The van der Waals surface area contributed by atoms with E-state index in [4.69, 9.17) is 23.8 Å². The second kappa shape index (κ2) is 11.0. The maximum Gasteiger partial charge on any atom is 0.490 e. The van der Waals surface area contributed by atoms with Gasteiger partial charge in [0.2, 0.25) is 0 Å².